The molecule has 2 bridgehead atoms. The Morgan fingerprint density at radius 1 is 1.25 bits per heavy atom. The van der Waals surface area contributed by atoms with Crippen LogP contribution in [-0.2, 0) is 24.3 Å². The number of aromatic nitrogens is 3. The third kappa shape index (κ3) is 3.85. The van der Waals surface area contributed by atoms with Crippen LogP contribution in [0.3, 0.4) is 0 Å². The maximum Gasteiger partial charge on any atom is 0.227 e. The molecule has 3 fully saturated rings. The van der Waals surface area contributed by atoms with Crippen molar-refractivity contribution >= 4 is 5.91 Å². The lowest BCUT2D eigenvalue weighted by molar-refractivity contribution is -0.140. The number of fused-ring (bicyclic) bond motifs is 4. The molecule has 2 aromatic rings. The quantitative estimate of drug-likeness (QED) is 0.793. The molecule has 0 aromatic carbocycles. The Kier molecular flexibility index (Phi) is 5.53. The van der Waals surface area contributed by atoms with E-state index in [1.54, 1.807) is 0 Å². The molecule has 7 heteroatoms. The van der Waals surface area contributed by atoms with E-state index in [9.17, 15) is 4.79 Å². The fourth-order valence-corrected chi connectivity index (χ4v) is 4.56. The summed E-state index contributed by atoms with van der Waals surface area (Å²) in [6, 6.07) is 0.252. The summed E-state index contributed by atoms with van der Waals surface area (Å²) in [6.07, 6.45) is 7.36. The van der Waals surface area contributed by atoms with Crippen LogP contribution in [0.15, 0.2) is 10.7 Å². The summed E-state index contributed by atoms with van der Waals surface area (Å²) in [5.74, 6) is 2.26. The fraction of sp³-hybridized carbons (Fsp3) is 0.667. The Morgan fingerprint density at radius 2 is 2.11 bits per heavy atom. The van der Waals surface area contributed by atoms with Crippen molar-refractivity contribution in [3.63, 3.8) is 0 Å². The Labute approximate surface area is 166 Å². The lowest BCUT2D eigenvalue weighted by Gasteiger charge is -2.36. The van der Waals surface area contributed by atoms with E-state index in [2.05, 4.69) is 31.8 Å². The highest BCUT2D eigenvalue weighted by molar-refractivity contribution is 5.80. The minimum absolute atomic E-state index is 0.0849. The highest BCUT2D eigenvalue weighted by atomic mass is 16.5. The second kappa shape index (κ2) is 8.07. The van der Waals surface area contributed by atoms with Crippen molar-refractivity contribution in [2.24, 2.45) is 5.92 Å². The highest BCUT2D eigenvalue weighted by Crippen LogP contribution is 2.32. The number of amides is 1. The number of hydrogen-bond donors (Lipinski definition) is 1. The van der Waals surface area contributed by atoms with Crippen LogP contribution >= 0.6 is 0 Å². The van der Waals surface area contributed by atoms with Crippen LogP contribution in [0, 0.1) is 19.8 Å². The van der Waals surface area contributed by atoms with Crippen LogP contribution in [0.2, 0.25) is 0 Å². The standard InChI is InChI=1S/C21H31N5O2/c1-4-5-6-20-22-9-17(23-20)11-25-10-16-7-8-18(12-25)26(21(16)27)13-19-14(2)24-28-15(19)3/h9,16,18H,4-8,10-13H2,1-3H3,(H,22,23). The van der Waals surface area contributed by atoms with E-state index in [0.29, 0.717) is 6.54 Å². The summed E-state index contributed by atoms with van der Waals surface area (Å²) in [5.41, 5.74) is 3.10. The van der Waals surface area contributed by atoms with Gasteiger partial charge in [-0.2, -0.15) is 0 Å². The van der Waals surface area contributed by atoms with Crippen LogP contribution in [0.4, 0.5) is 0 Å². The van der Waals surface area contributed by atoms with Crippen LogP contribution in [-0.4, -0.2) is 50.0 Å². The van der Waals surface area contributed by atoms with E-state index in [-0.39, 0.29) is 17.9 Å². The molecule has 0 aliphatic carbocycles. The predicted octanol–water partition coefficient (Wildman–Crippen LogP) is 2.98. The van der Waals surface area contributed by atoms with Gasteiger partial charge in [0, 0.05) is 49.6 Å². The van der Waals surface area contributed by atoms with Crippen LogP contribution in [0.25, 0.3) is 0 Å². The molecule has 1 N–H and O–H groups in total. The van der Waals surface area contributed by atoms with Crippen molar-refractivity contribution in [1.82, 2.24) is 24.9 Å². The van der Waals surface area contributed by atoms with Gasteiger partial charge >= 0.3 is 0 Å². The molecular weight excluding hydrogens is 354 g/mol. The minimum Gasteiger partial charge on any atom is -0.361 e. The van der Waals surface area contributed by atoms with Crippen molar-refractivity contribution in [3.8, 4) is 0 Å². The van der Waals surface area contributed by atoms with Gasteiger partial charge in [0.1, 0.15) is 11.6 Å². The van der Waals surface area contributed by atoms with Crippen molar-refractivity contribution in [1.29, 1.82) is 0 Å². The van der Waals surface area contributed by atoms with Gasteiger partial charge in [0.2, 0.25) is 5.91 Å². The first kappa shape index (κ1) is 19.2. The summed E-state index contributed by atoms with van der Waals surface area (Å²) in [6.45, 7) is 9.26. The number of unbranched alkanes of at least 4 members (excludes halogenated alkanes) is 1. The number of rotatable bonds is 7. The SMILES string of the molecule is CCCCc1ncc(CN2CC3CCC(C2)N(Cc2c(C)noc2C)C3=O)[nH]1. The first-order chi connectivity index (χ1) is 13.5. The maximum absolute atomic E-state index is 13.1. The number of aromatic amines is 1. The number of carbonyl (C=O) groups excluding carboxylic acids is 1. The largest absolute Gasteiger partial charge is 0.361 e. The van der Waals surface area contributed by atoms with Gasteiger partial charge in [-0.15, -0.1) is 0 Å². The molecule has 0 saturated carbocycles. The molecule has 28 heavy (non-hydrogen) atoms. The molecule has 5 rings (SSSR count). The molecule has 3 aliphatic heterocycles. The molecule has 0 radical (unpaired) electrons. The molecule has 2 atom stereocenters. The maximum atomic E-state index is 13.1. The summed E-state index contributed by atoms with van der Waals surface area (Å²) < 4.78 is 5.30. The first-order valence-electron chi connectivity index (χ1n) is 10.5. The molecule has 7 nitrogen and oxygen atoms in total. The number of H-pyrrole nitrogens is 1. The van der Waals surface area contributed by atoms with Gasteiger partial charge < -0.3 is 14.4 Å². The summed E-state index contributed by atoms with van der Waals surface area (Å²) >= 11 is 0. The molecular formula is C21H31N5O2. The van der Waals surface area contributed by atoms with E-state index >= 15 is 0 Å². The van der Waals surface area contributed by atoms with E-state index < -0.39 is 0 Å². The number of nitrogens with zero attached hydrogens (tertiary/aromatic N) is 4. The number of carbonyl (C=O) groups is 1. The number of imidazole rings is 1. The van der Waals surface area contributed by atoms with Crippen molar-refractivity contribution in [2.45, 2.75) is 72.0 Å². The third-order valence-electron chi connectivity index (χ3n) is 6.22. The number of piperidine rings is 1. The van der Waals surface area contributed by atoms with Gasteiger partial charge in [-0.3, -0.25) is 9.69 Å². The average Bonchev–Trinajstić information content (AvgIpc) is 3.14. The third-order valence-corrected chi connectivity index (χ3v) is 6.22. The van der Waals surface area contributed by atoms with Crippen molar-refractivity contribution < 1.29 is 9.32 Å². The Balaban J connectivity index is 1.45. The van der Waals surface area contributed by atoms with Gasteiger partial charge in [-0.25, -0.2) is 4.98 Å². The Hall–Kier alpha value is -2.15. The van der Waals surface area contributed by atoms with Crippen LogP contribution in [0.5, 0.6) is 0 Å². The lowest BCUT2D eigenvalue weighted by Crippen LogP contribution is -2.47. The number of nitrogens with one attached hydrogen (secondary N) is 1. The summed E-state index contributed by atoms with van der Waals surface area (Å²) in [7, 11) is 0. The molecule has 2 aromatic heterocycles. The Bertz CT molecular complexity index is 807. The molecule has 3 saturated heterocycles. The normalized spacial score (nSPS) is 22.8. The molecule has 3 aliphatic rings. The second-order valence-electron chi connectivity index (χ2n) is 8.35. The summed E-state index contributed by atoms with van der Waals surface area (Å²) in [5, 5.41) is 4.05. The van der Waals surface area contributed by atoms with Gasteiger partial charge in [0.25, 0.3) is 0 Å². The Morgan fingerprint density at radius 3 is 2.86 bits per heavy atom. The number of aryl methyl sites for hydroxylation is 3. The van der Waals surface area contributed by atoms with Crippen LogP contribution in [0.1, 0.15) is 61.1 Å². The molecule has 0 spiro atoms. The summed E-state index contributed by atoms with van der Waals surface area (Å²) in [4.78, 5) is 25.6. The zero-order valence-electron chi connectivity index (χ0n) is 17.2. The van der Waals surface area contributed by atoms with Gasteiger partial charge in [0.15, 0.2) is 0 Å². The van der Waals surface area contributed by atoms with E-state index in [0.717, 1.165) is 73.9 Å². The van der Waals surface area contributed by atoms with Crippen LogP contribution < -0.4 is 0 Å². The average molecular weight is 386 g/mol. The fourth-order valence-electron chi connectivity index (χ4n) is 4.56. The monoisotopic (exact) mass is 385 g/mol. The minimum atomic E-state index is 0.0849. The highest BCUT2D eigenvalue weighted by Gasteiger charge is 2.41. The zero-order chi connectivity index (χ0) is 19.7. The molecule has 152 valence electrons. The predicted molar refractivity (Wildman–Crippen MR) is 106 cm³/mol. The second-order valence-corrected chi connectivity index (χ2v) is 8.35. The van der Waals surface area contributed by atoms with E-state index in [4.69, 9.17) is 4.52 Å². The molecule has 1 amide bonds. The molecule has 2 unspecified atom stereocenters. The smallest absolute Gasteiger partial charge is 0.227 e. The van der Waals surface area contributed by atoms with Gasteiger partial charge in [-0.1, -0.05) is 18.5 Å². The lowest BCUT2D eigenvalue weighted by atomic mass is 9.93. The van der Waals surface area contributed by atoms with Crippen molar-refractivity contribution in [3.05, 3.63) is 34.7 Å². The zero-order valence-corrected chi connectivity index (χ0v) is 17.2. The first-order valence-corrected chi connectivity index (χ1v) is 10.5. The van der Waals surface area contributed by atoms with Gasteiger partial charge in [0.05, 0.1) is 18.2 Å². The van der Waals surface area contributed by atoms with E-state index in [1.165, 1.54) is 6.42 Å². The van der Waals surface area contributed by atoms with Gasteiger partial charge in [-0.05, 0) is 33.1 Å². The van der Waals surface area contributed by atoms with Crippen molar-refractivity contribution in [2.75, 3.05) is 13.1 Å². The molecule has 5 heterocycles. The van der Waals surface area contributed by atoms with E-state index in [1.807, 2.05) is 20.0 Å². The topological polar surface area (TPSA) is 78.3 Å². The number of hydrogen-bond acceptors (Lipinski definition) is 5.